The first-order valence-electron chi connectivity index (χ1n) is 20.2. The Labute approximate surface area is 341 Å². The number of aromatic nitrogens is 2. The van der Waals surface area contributed by atoms with Crippen LogP contribution in [0.15, 0.2) is 205 Å². The van der Waals surface area contributed by atoms with E-state index < -0.39 is 0 Å². The van der Waals surface area contributed by atoms with Gasteiger partial charge in [0, 0.05) is 38.3 Å². The first-order valence-corrected chi connectivity index (χ1v) is 20.2. The third-order valence-corrected chi connectivity index (χ3v) is 12.6. The van der Waals surface area contributed by atoms with Crippen molar-refractivity contribution in [2.24, 2.45) is 0 Å². The number of furan rings is 1. The lowest BCUT2D eigenvalue weighted by molar-refractivity contribution is 0.673. The van der Waals surface area contributed by atoms with Gasteiger partial charge in [0.05, 0.1) is 11.4 Å². The van der Waals surface area contributed by atoms with E-state index in [9.17, 15) is 0 Å². The average Bonchev–Trinajstić information content (AvgIpc) is 3.84. The molecule has 12 rings (SSSR count). The van der Waals surface area contributed by atoms with Gasteiger partial charge in [-0.2, -0.15) is 0 Å². The SMILES string of the molecule is CC1(c2ccccc2)c2ccccc2-c2c(-c3cc(-c4cccc(-c5cccc6oc7c8ccccc8c8ccccc8c7c56)c4)nc(-c4ccccc4)n3)cccc21. The minimum absolute atomic E-state index is 0.314. The van der Waals surface area contributed by atoms with Gasteiger partial charge in [0.1, 0.15) is 11.2 Å². The van der Waals surface area contributed by atoms with E-state index in [2.05, 4.69) is 201 Å². The second-order valence-corrected chi connectivity index (χ2v) is 15.7. The third kappa shape index (κ3) is 5.01. The van der Waals surface area contributed by atoms with Crippen LogP contribution in [0.5, 0.6) is 0 Å². The van der Waals surface area contributed by atoms with Crippen molar-refractivity contribution in [2.45, 2.75) is 12.3 Å². The smallest absolute Gasteiger partial charge is 0.160 e. The highest BCUT2D eigenvalue weighted by atomic mass is 16.3. The van der Waals surface area contributed by atoms with Crippen molar-refractivity contribution in [2.75, 3.05) is 0 Å². The molecule has 1 unspecified atom stereocenters. The lowest BCUT2D eigenvalue weighted by Gasteiger charge is -2.28. The van der Waals surface area contributed by atoms with E-state index in [-0.39, 0.29) is 5.41 Å². The number of hydrogen-bond donors (Lipinski definition) is 0. The summed E-state index contributed by atoms with van der Waals surface area (Å²) in [5, 5.41) is 7.00. The maximum absolute atomic E-state index is 6.76. The Kier molecular flexibility index (Phi) is 7.36. The van der Waals surface area contributed by atoms with Crippen LogP contribution in [0.1, 0.15) is 23.6 Å². The Morgan fingerprint density at radius 2 is 0.983 bits per heavy atom. The Balaban J connectivity index is 1.07. The zero-order valence-electron chi connectivity index (χ0n) is 32.4. The van der Waals surface area contributed by atoms with Gasteiger partial charge in [-0.25, -0.2) is 9.97 Å². The van der Waals surface area contributed by atoms with Crippen LogP contribution >= 0.6 is 0 Å². The van der Waals surface area contributed by atoms with E-state index in [4.69, 9.17) is 14.4 Å². The number of benzene rings is 9. The molecule has 9 aromatic carbocycles. The molecule has 0 aliphatic heterocycles. The van der Waals surface area contributed by atoms with Crippen LogP contribution in [0.25, 0.3) is 99.6 Å². The summed E-state index contributed by atoms with van der Waals surface area (Å²) < 4.78 is 6.76. The first kappa shape index (κ1) is 33.5. The van der Waals surface area contributed by atoms with Gasteiger partial charge in [0.2, 0.25) is 0 Å². The molecule has 276 valence electrons. The summed E-state index contributed by atoms with van der Waals surface area (Å²) in [5.41, 5.74) is 14.9. The van der Waals surface area contributed by atoms with Crippen LogP contribution in [0.4, 0.5) is 0 Å². The lowest BCUT2D eigenvalue weighted by Crippen LogP contribution is -2.22. The minimum Gasteiger partial charge on any atom is -0.455 e. The molecule has 59 heavy (non-hydrogen) atoms. The normalized spacial score (nSPS) is 14.6. The largest absolute Gasteiger partial charge is 0.455 e. The molecule has 0 saturated carbocycles. The Hall–Kier alpha value is -7.62. The van der Waals surface area contributed by atoms with Crippen molar-refractivity contribution < 1.29 is 4.42 Å². The van der Waals surface area contributed by atoms with Crippen LogP contribution in [-0.2, 0) is 5.41 Å². The molecule has 2 aromatic heterocycles. The monoisotopic (exact) mass is 752 g/mol. The van der Waals surface area contributed by atoms with Crippen LogP contribution in [0, 0.1) is 0 Å². The maximum Gasteiger partial charge on any atom is 0.160 e. The molecule has 3 nitrogen and oxygen atoms in total. The van der Waals surface area contributed by atoms with E-state index >= 15 is 0 Å². The molecule has 0 saturated heterocycles. The standard InChI is InChI=1S/C56H36N2O/c1-56(38-21-6-3-7-22-38)46-30-13-12-27-44(46)51-45(29-15-31-47(51)56)49-34-48(57-55(58-49)35-17-4-2-5-18-35)37-20-14-19-36(33-37)39-28-16-32-50-52(39)53-42-25-10-8-23-40(42)41-24-9-11-26-43(41)54(53)59-50/h2-34H,1H3. The van der Waals surface area contributed by atoms with Crippen molar-refractivity contribution in [1.82, 2.24) is 9.97 Å². The molecule has 0 bridgehead atoms. The fraction of sp³-hybridized carbons (Fsp3) is 0.0357. The van der Waals surface area contributed by atoms with E-state index in [1.54, 1.807) is 0 Å². The van der Waals surface area contributed by atoms with Gasteiger partial charge in [-0.3, -0.25) is 0 Å². The summed E-state index contributed by atoms with van der Waals surface area (Å²) in [6, 6.07) is 71.4. The van der Waals surface area contributed by atoms with Crippen LogP contribution in [-0.4, -0.2) is 9.97 Å². The van der Waals surface area contributed by atoms with Crippen molar-refractivity contribution in [3.05, 3.63) is 217 Å². The van der Waals surface area contributed by atoms with Crippen molar-refractivity contribution in [3.63, 3.8) is 0 Å². The van der Waals surface area contributed by atoms with Gasteiger partial charge >= 0.3 is 0 Å². The fourth-order valence-electron chi connectivity index (χ4n) is 9.82. The maximum atomic E-state index is 6.76. The third-order valence-electron chi connectivity index (χ3n) is 12.6. The minimum atomic E-state index is -0.314. The van der Waals surface area contributed by atoms with Crippen molar-refractivity contribution in [3.8, 4) is 56.2 Å². The highest BCUT2D eigenvalue weighted by Crippen LogP contribution is 2.55. The van der Waals surface area contributed by atoms with Gasteiger partial charge < -0.3 is 4.42 Å². The molecule has 1 aliphatic carbocycles. The van der Waals surface area contributed by atoms with Gasteiger partial charge in [0.15, 0.2) is 5.82 Å². The molecule has 1 atom stereocenters. The van der Waals surface area contributed by atoms with Gasteiger partial charge in [-0.15, -0.1) is 0 Å². The quantitative estimate of drug-likeness (QED) is 0.164. The predicted octanol–water partition coefficient (Wildman–Crippen LogP) is 14.7. The van der Waals surface area contributed by atoms with Gasteiger partial charge in [-0.1, -0.05) is 182 Å². The summed E-state index contributed by atoms with van der Waals surface area (Å²) in [7, 11) is 0. The molecule has 0 fully saturated rings. The molecule has 1 aliphatic rings. The van der Waals surface area contributed by atoms with E-state index in [1.807, 2.05) is 6.07 Å². The summed E-state index contributed by atoms with van der Waals surface area (Å²) in [6.45, 7) is 2.36. The molecule has 0 amide bonds. The predicted molar refractivity (Wildman–Crippen MR) is 243 cm³/mol. The molecule has 0 radical (unpaired) electrons. The fourth-order valence-corrected chi connectivity index (χ4v) is 9.82. The molecular weight excluding hydrogens is 717 g/mol. The van der Waals surface area contributed by atoms with Gasteiger partial charge in [0.25, 0.3) is 0 Å². The lowest BCUT2D eigenvalue weighted by atomic mass is 9.74. The summed E-state index contributed by atoms with van der Waals surface area (Å²) >= 11 is 0. The number of hydrogen-bond acceptors (Lipinski definition) is 3. The van der Waals surface area contributed by atoms with Crippen molar-refractivity contribution in [1.29, 1.82) is 0 Å². The highest BCUT2D eigenvalue weighted by Gasteiger charge is 2.41. The average molecular weight is 753 g/mol. The first-order chi connectivity index (χ1) is 29.1. The number of rotatable bonds is 5. The zero-order valence-corrected chi connectivity index (χ0v) is 32.4. The summed E-state index contributed by atoms with van der Waals surface area (Å²) in [5.74, 6) is 0.694. The molecule has 11 aromatic rings. The zero-order chi connectivity index (χ0) is 39.1. The topological polar surface area (TPSA) is 38.9 Å². The Bertz CT molecular complexity index is 3460. The second kappa shape index (κ2) is 13.0. The molecule has 3 heteroatoms. The number of nitrogens with zero attached hydrogens (tertiary/aromatic N) is 2. The van der Waals surface area contributed by atoms with Crippen LogP contribution in [0.3, 0.4) is 0 Å². The molecule has 0 spiro atoms. The summed E-state index contributed by atoms with van der Waals surface area (Å²) in [4.78, 5) is 10.6. The molecule has 0 N–H and O–H groups in total. The number of fused-ring (bicyclic) bond motifs is 11. The van der Waals surface area contributed by atoms with Crippen LogP contribution in [0.2, 0.25) is 0 Å². The van der Waals surface area contributed by atoms with E-state index in [0.29, 0.717) is 5.82 Å². The van der Waals surface area contributed by atoms with Gasteiger partial charge in [-0.05, 0) is 80.2 Å². The molecule has 2 heterocycles. The van der Waals surface area contributed by atoms with E-state index in [1.165, 1.54) is 44.0 Å². The van der Waals surface area contributed by atoms with Crippen molar-refractivity contribution >= 4 is 43.5 Å². The Morgan fingerprint density at radius 3 is 1.81 bits per heavy atom. The highest BCUT2D eigenvalue weighted by molar-refractivity contribution is 6.32. The van der Waals surface area contributed by atoms with E-state index in [0.717, 1.165) is 66.5 Å². The molecular formula is C56H36N2O. The second-order valence-electron chi connectivity index (χ2n) is 15.7. The Morgan fingerprint density at radius 1 is 0.407 bits per heavy atom. The van der Waals surface area contributed by atoms with Crippen LogP contribution < -0.4 is 0 Å². The summed E-state index contributed by atoms with van der Waals surface area (Å²) in [6.07, 6.45) is 0.